The molecule has 0 radical (unpaired) electrons. The minimum absolute atomic E-state index is 0.0232. The molecule has 2 rings (SSSR count). The molecule has 0 aliphatic carbocycles. The van der Waals surface area contributed by atoms with Crippen LogP contribution in [0.3, 0.4) is 0 Å². The normalized spacial score (nSPS) is 11.1. The van der Waals surface area contributed by atoms with Gasteiger partial charge in [0, 0.05) is 12.2 Å². The van der Waals surface area contributed by atoms with Gasteiger partial charge in [0.1, 0.15) is 5.75 Å². The van der Waals surface area contributed by atoms with E-state index in [0.717, 1.165) is 11.3 Å². The first-order chi connectivity index (χ1) is 10.9. The second-order valence-corrected chi connectivity index (χ2v) is 5.85. The molecule has 0 fully saturated rings. The molecule has 0 atom stereocenters. The van der Waals surface area contributed by atoms with Gasteiger partial charge in [-0.1, -0.05) is 30.3 Å². The van der Waals surface area contributed by atoms with Crippen molar-refractivity contribution in [3.8, 4) is 5.75 Å². The first kappa shape index (κ1) is 17.0. The van der Waals surface area contributed by atoms with Crippen molar-refractivity contribution in [2.75, 3.05) is 18.1 Å². The molecule has 0 aliphatic heterocycles. The molecule has 0 aliphatic rings. The molecule has 23 heavy (non-hydrogen) atoms. The van der Waals surface area contributed by atoms with Gasteiger partial charge >= 0.3 is 0 Å². The van der Waals surface area contributed by atoms with E-state index in [9.17, 15) is 9.90 Å². The highest BCUT2D eigenvalue weighted by Crippen LogP contribution is 2.22. The number of hydrogen-bond acceptors (Lipinski definition) is 3. The Balaban J connectivity index is 1.98. The standard InChI is InChI=1S/C19H23NO3/c1-4-20(16-8-6-5-7-9-16)18(21)14-23-17-12-10-15(11-13-17)19(2,3)22/h5-13,22H,4,14H2,1-3H3. The van der Waals surface area contributed by atoms with Crippen LogP contribution in [0.25, 0.3) is 0 Å². The van der Waals surface area contributed by atoms with Gasteiger partial charge in [0.05, 0.1) is 5.60 Å². The summed E-state index contributed by atoms with van der Waals surface area (Å²) in [6.07, 6.45) is 0. The van der Waals surface area contributed by atoms with Gasteiger partial charge < -0.3 is 14.7 Å². The molecule has 0 bridgehead atoms. The summed E-state index contributed by atoms with van der Waals surface area (Å²) in [6.45, 7) is 5.95. The van der Waals surface area contributed by atoms with Crippen molar-refractivity contribution in [3.63, 3.8) is 0 Å². The van der Waals surface area contributed by atoms with Crippen LogP contribution in [0.5, 0.6) is 5.75 Å². The number of carbonyl (C=O) groups excluding carboxylic acids is 1. The van der Waals surface area contributed by atoms with Gasteiger partial charge in [-0.2, -0.15) is 0 Å². The predicted octanol–water partition coefficient (Wildman–Crippen LogP) is 3.35. The molecule has 2 aromatic rings. The van der Waals surface area contributed by atoms with Crippen LogP contribution in [-0.4, -0.2) is 24.2 Å². The third-order valence-electron chi connectivity index (χ3n) is 3.61. The Labute approximate surface area is 137 Å². The highest BCUT2D eigenvalue weighted by molar-refractivity contribution is 5.94. The average molecular weight is 313 g/mol. The number of benzene rings is 2. The zero-order valence-electron chi connectivity index (χ0n) is 13.8. The molecule has 0 aromatic heterocycles. The fourth-order valence-corrected chi connectivity index (χ4v) is 2.29. The van der Waals surface area contributed by atoms with E-state index < -0.39 is 5.60 Å². The van der Waals surface area contributed by atoms with Crippen molar-refractivity contribution in [3.05, 3.63) is 60.2 Å². The van der Waals surface area contributed by atoms with Crippen LogP contribution in [0.4, 0.5) is 5.69 Å². The van der Waals surface area contributed by atoms with E-state index >= 15 is 0 Å². The highest BCUT2D eigenvalue weighted by Gasteiger charge is 2.16. The molecule has 4 nitrogen and oxygen atoms in total. The lowest BCUT2D eigenvalue weighted by Crippen LogP contribution is -2.34. The molecule has 1 N–H and O–H groups in total. The minimum Gasteiger partial charge on any atom is -0.484 e. The van der Waals surface area contributed by atoms with E-state index in [-0.39, 0.29) is 12.5 Å². The van der Waals surface area contributed by atoms with Crippen LogP contribution >= 0.6 is 0 Å². The Kier molecular flexibility index (Phi) is 5.40. The number of para-hydroxylation sites is 1. The van der Waals surface area contributed by atoms with Crippen molar-refractivity contribution < 1.29 is 14.6 Å². The summed E-state index contributed by atoms with van der Waals surface area (Å²) in [5.41, 5.74) is 0.775. The van der Waals surface area contributed by atoms with Crippen LogP contribution in [0.2, 0.25) is 0 Å². The Hall–Kier alpha value is -2.33. The molecule has 0 saturated heterocycles. The minimum atomic E-state index is -0.888. The van der Waals surface area contributed by atoms with Gasteiger partial charge in [-0.25, -0.2) is 0 Å². The number of likely N-dealkylation sites (N-methyl/N-ethyl adjacent to an activating group) is 1. The van der Waals surface area contributed by atoms with E-state index in [2.05, 4.69) is 0 Å². The summed E-state index contributed by atoms with van der Waals surface area (Å²) in [4.78, 5) is 14.0. The number of anilines is 1. The number of nitrogens with zero attached hydrogens (tertiary/aromatic N) is 1. The summed E-state index contributed by atoms with van der Waals surface area (Å²) in [5, 5.41) is 9.93. The third-order valence-corrected chi connectivity index (χ3v) is 3.61. The Morgan fingerprint density at radius 1 is 1.09 bits per heavy atom. The number of carbonyl (C=O) groups is 1. The fraction of sp³-hybridized carbons (Fsp3) is 0.316. The van der Waals surface area contributed by atoms with Gasteiger partial charge in [0.25, 0.3) is 5.91 Å². The van der Waals surface area contributed by atoms with Crippen LogP contribution in [0, 0.1) is 0 Å². The van der Waals surface area contributed by atoms with E-state index in [4.69, 9.17) is 4.74 Å². The maximum Gasteiger partial charge on any atom is 0.264 e. The van der Waals surface area contributed by atoms with E-state index in [0.29, 0.717) is 12.3 Å². The van der Waals surface area contributed by atoms with Gasteiger partial charge in [-0.3, -0.25) is 4.79 Å². The molecule has 0 saturated carbocycles. The van der Waals surface area contributed by atoms with E-state index in [1.807, 2.05) is 37.3 Å². The monoisotopic (exact) mass is 313 g/mol. The fourth-order valence-electron chi connectivity index (χ4n) is 2.29. The van der Waals surface area contributed by atoms with E-state index in [1.54, 1.807) is 43.0 Å². The van der Waals surface area contributed by atoms with Crippen LogP contribution in [-0.2, 0) is 10.4 Å². The number of ether oxygens (including phenoxy) is 1. The quantitative estimate of drug-likeness (QED) is 0.890. The SMILES string of the molecule is CCN(C(=O)COc1ccc(C(C)(C)O)cc1)c1ccccc1. The van der Waals surface area contributed by atoms with Crippen LogP contribution in [0.1, 0.15) is 26.3 Å². The van der Waals surface area contributed by atoms with Gasteiger partial charge in [-0.15, -0.1) is 0 Å². The molecular weight excluding hydrogens is 290 g/mol. The van der Waals surface area contributed by atoms with Crippen molar-refractivity contribution >= 4 is 11.6 Å². The van der Waals surface area contributed by atoms with Crippen molar-refractivity contribution in [1.82, 2.24) is 0 Å². The lowest BCUT2D eigenvalue weighted by molar-refractivity contribution is -0.120. The number of hydrogen-bond donors (Lipinski definition) is 1. The molecule has 4 heteroatoms. The summed E-state index contributed by atoms with van der Waals surface area (Å²) < 4.78 is 5.57. The number of rotatable bonds is 6. The van der Waals surface area contributed by atoms with Crippen LogP contribution < -0.4 is 9.64 Å². The van der Waals surface area contributed by atoms with Crippen LogP contribution in [0.15, 0.2) is 54.6 Å². The number of aliphatic hydroxyl groups is 1. The summed E-state index contributed by atoms with van der Waals surface area (Å²) in [6, 6.07) is 16.7. The topological polar surface area (TPSA) is 49.8 Å². The maximum absolute atomic E-state index is 12.3. The second-order valence-electron chi connectivity index (χ2n) is 5.85. The Morgan fingerprint density at radius 3 is 2.22 bits per heavy atom. The molecule has 1 amide bonds. The number of amides is 1. The average Bonchev–Trinajstić information content (AvgIpc) is 2.54. The summed E-state index contributed by atoms with van der Waals surface area (Å²) in [7, 11) is 0. The zero-order chi connectivity index (χ0) is 16.9. The second kappa shape index (κ2) is 7.29. The molecule has 0 heterocycles. The summed E-state index contributed by atoms with van der Waals surface area (Å²) >= 11 is 0. The van der Waals surface area contributed by atoms with Gasteiger partial charge in [0.2, 0.25) is 0 Å². The molecular formula is C19H23NO3. The van der Waals surface area contributed by atoms with E-state index in [1.165, 1.54) is 0 Å². The van der Waals surface area contributed by atoms with Crippen molar-refractivity contribution in [1.29, 1.82) is 0 Å². The summed E-state index contributed by atoms with van der Waals surface area (Å²) in [5.74, 6) is 0.515. The molecule has 0 spiro atoms. The lowest BCUT2D eigenvalue weighted by Gasteiger charge is -2.21. The van der Waals surface area contributed by atoms with Crippen molar-refractivity contribution in [2.45, 2.75) is 26.4 Å². The lowest BCUT2D eigenvalue weighted by atomic mass is 9.99. The van der Waals surface area contributed by atoms with Gasteiger partial charge in [-0.05, 0) is 50.6 Å². The molecule has 2 aromatic carbocycles. The molecule has 122 valence electrons. The first-order valence-electron chi connectivity index (χ1n) is 7.73. The maximum atomic E-state index is 12.3. The Bertz CT molecular complexity index is 630. The Morgan fingerprint density at radius 2 is 1.70 bits per heavy atom. The van der Waals surface area contributed by atoms with Gasteiger partial charge in [0.15, 0.2) is 6.61 Å². The third kappa shape index (κ3) is 4.57. The smallest absolute Gasteiger partial charge is 0.264 e. The zero-order valence-corrected chi connectivity index (χ0v) is 13.8. The van der Waals surface area contributed by atoms with Crippen molar-refractivity contribution in [2.24, 2.45) is 0 Å². The highest BCUT2D eigenvalue weighted by atomic mass is 16.5. The predicted molar refractivity (Wildman–Crippen MR) is 91.7 cm³/mol. The largest absolute Gasteiger partial charge is 0.484 e. The molecule has 0 unspecified atom stereocenters. The first-order valence-corrected chi connectivity index (χ1v) is 7.73.